The van der Waals surface area contributed by atoms with Gasteiger partial charge in [-0.1, -0.05) is 11.6 Å². The van der Waals surface area contributed by atoms with Gasteiger partial charge in [0.2, 0.25) is 0 Å². The van der Waals surface area contributed by atoms with E-state index in [1.807, 2.05) is 0 Å². The normalized spacial score (nSPS) is 11.4. The molecule has 0 aliphatic heterocycles. The van der Waals surface area contributed by atoms with Gasteiger partial charge in [-0.05, 0) is 32.0 Å². The first kappa shape index (κ1) is 11.0. The van der Waals surface area contributed by atoms with Crippen LogP contribution in [0.5, 0.6) is 0 Å². The van der Waals surface area contributed by atoms with Gasteiger partial charge in [0.15, 0.2) is 0 Å². The van der Waals surface area contributed by atoms with Crippen LogP contribution in [0.4, 0.5) is 0 Å². The fourth-order valence-corrected chi connectivity index (χ4v) is 1.48. The van der Waals surface area contributed by atoms with E-state index >= 15 is 0 Å². The van der Waals surface area contributed by atoms with Crippen LogP contribution < -0.4 is 0 Å². The zero-order chi connectivity index (χ0) is 10.9. The van der Waals surface area contributed by atoms with Crippen molar-refractivity contribution in [2.75, 3.05) is 0 Å². The van der Waals surface area contributed by atoms with Crippen LogP contribution in [0.25, 0.3) is 0 Å². The smallest absolute Gasteiger partial charge is 0.335 e. The van der Waals surface area contributed by atoms with E-state index in [4.69, 9.17) is 16.7 Å². The van der Waals surface area contributed by atoms with E-state index < -0.39 is 11.6 Å². The van der Waals surface area contributed by atoms with Crippen molar-refractivity contribution in [3.05, 3.63) is 34.3 Å². The van der Waals surface area contributed by atoms with Crippen LogP contribution in [0.2, 0.25) is 5.02 Å². The molecule has 14 heavy (non-hydrogen) atoms. The van der Waals surface area contributed by atoms with Crippen molar-refractivity contribution in [2.45, 2.75) is 19.4 Å². The van der Waals surface area contributed by atoms with E-state index in [2.05, 4.69) is 0 Å². The van der Waals surface area contributed by atoms with Crippen LogP contribution in [-0.4, -0.2) is 16.2 Å². The van der Waals surface area contributed by atoms with Gasteiger partial charge in [-0.3, -0.25) is 0 Å². The average Bonchev–Trinajstić information content (AvgIpc) is 2.02. The molecule has 0 aliphatic rings. The summed E-state index contributed by atoms with van der Waals surface area (Å²) >= 11 is 5.83. The Hall–Kier alpha value is -1.06. The van der Waals surface area contributed by atoms with Crippen molar-refractivity contribution in [3.8, 4) is 0 Å². The number of carboxylic acids is 1. The topological polar surface area (TPSA) is 57.5 Å². The molecule has 4 heteroatoms. The molecule has 0 radical (unpaired) electrons. The van der Waals surface area contributed by atoms with Crippen molar-refractivity contribution < 1.29 is 15.0 Å². The molecule has 0 amide bonds. The van der Waals surface area contributed by atoms with E-state index in [1.54, 1.807) is 13.8 Å². The van der Waals surface area contributed by atoms with E-state index in [-0.39, 0.29) is 5.56 Å². The number of hydrogen-bond donors (Lipinski definition) is 2. The molecular weight excluding hydrogens is 204 g/mol. The number of aromatic carboxylic acids is 1. The van der Waals surface area contributed by atoms with Crippen molar-refractivity contribution in [1.29, 1.82) is 0 Å². The van der Waals surface area contributed by atoms with Crippen LogP contribution in [0.15, 0.2) is 18.2 Å². The number of hydrogen-bond acceptors (Lipinski definition) is 2. The molecule has 3 nitrogen and oxygen atoms in total. The van der Waals surface area contributed by atoms with Crippen LogP contribution in [0, 0.1) is 0 Å². The number of benzene rings is 1. The molecular formula is C10H11ClO3. The van der Waals surface area contributed by atoms with Crippen molar-refractivity contribution in [3.63, 3.8) is 0 Å². The van der Waals surface area contributed by atoms with Crippen LogP contribution >= 0.6 is 11.6 Å². The molecule has 0 heterocycles. The maximum atomic E-state index is 10.7. The van der Waals surface area contributed by atoms with E-state index in [9.17, 15) is 9.90 Å². The summed E-state index contributed by atoms with van der Waals surface area (Å²) in [6.45, 7) is 3.11. The highest BCUT2D eigenvalue weighted by Gasteiger charge is 2.20. The summed E-state index contributed by atoms with van der Waals surface area (Å²) in [7, 11) is 0. The van der Waals surface area contributed by atoms with Gasteiger partial charge in [-0.2, -0.15) is 0 Å². The Bertz CT molecular complexity index is 366. The zero-order valence-electron chi connectivity index (χ0n) is 7.91. The lowest BCUT2D eigenvalue weighted by molar-refractivity contribution is 0.0693. The highest BCUT2D eigenvalue weighted by Crippen LogP contribution is 2.28. The fraction of sp³-hybridized carbons (Fsp3) is 0.300. The molecule has 0 bridgehead atoms. The largest absolute Gasteiger partial charge is 0.478 e. The average molecular weight is 215 g/mol. The Morgan fingerprint density at radius 2 is 2.00 bits per heavy atom. The number of rotatable bonds is 2. The Kier molecular flexibility index (Phi) is 2.83. The van der Waals surface area contributed by atoms with Crippen molar-refractivity contribution in [2.24, 2.45) is 0 Å². The zero-order valence-corrected chi connectivity index (χ0v) is 8.67. The predicted molar refractivity (Wildman–Crippen MR) is 53.7 cm³/mol. The molecule has 0 aliphatic carbocycles. The van der Waals surface area contributed by atoms with E-state index in [1.165, 1.54) is 18.2 Å². The van der Waals surface area contributed by atoms with Gasteiger partial charge in [-0.25, -0.2) is 4.79 Å². The standard InChI is InChI=1S/C10H11ClO3/c1-10(2,14)7-5-6(9(12)13)3-4-8(7)11/h3-5,14H,1-2H3,(H,12,13). The summed E-state index contributed by atoms with van der Waals surface area (Å²) in [5.41, 5.74) is -0.603. The molecule has 1 aromatic rings. The van der Waals surface area contributed by atoms with Crippen LogP contribution in [0.1, 0.15) is 29.8 Å². The Balaban J connectivity index is 3.29. The Morgan fingerprint density at radius 3 is 2.43 bits per heavy atom. The molecule has 0 saturated heterocycles. The van der Waals surface area contributed by atoms with Gasteiger partial charge in [0, 0.05) is 10.6 Å². The van der Waals surface area contributed by atoms with Gasteiger partial charge < -0.3 is 10.2 Å². The first-order valence-electron chi connectivity index (χ1n) is 4.08. The monoisotopic (exact) mass is 214 g/mol. The Morgan fingerprint density at radius 1 is 1.43 bits per heavy atom. The second kappa shape index (κ2) is 3.59. The highest BCUT2D eigenvalue weighted by molar-refractivity contribution is 6.31. The lowest BCUT2D eigenvalue weighted by Crippen LogP contribution is -2.17. The molecule has 1 aromatic carbocycles. The van der Waals surface area contributed by atoms with Crippen molar-refractivity contribution in [1.82, 2.24) is 0 Å². The second-order valence-corrected chi connectivity index (χ2v) is 3.97. The first-order valence-corrected chi connectivity index (χ1v) is 4.46. The molecule has 0 saturated carbocycles. The third-order valence-electron chi connectivity index (χ3n) is 1.87. The summed E-state index contributed by atoms with van der Waals surface area (Å²) in [4.78, 5) is 10.7. The predicted octanol–water partition coefficient (Wildman–Crippen LogP) is 2.27. The minimum absolute atomic E-state index is 0.117. The fourth-order valence-electron chi connectivity index (χ4n) is 1.13. The minimum atomic E-state index is -1.14. The lowest BCUT2D eigenvalue weighted by Gasteiger charge is -2.19. The van der Waals surface area contributed by atoms with Gasteiger partial charge in [-0.15, -0.1) is 0 Å². The quantitative estimate of drug-likeness (QED) is 0.794. The second-order valence-electron chi connectivity index (χ2n) is 3.56. The third-order valence-corrected chi connectivity index (χ3v) is 2.20. The van der Waals surface area contributed by atoms with Gasteiger partial charge >= 0.3 is 5.97 Å². The molecule has 0 unspecified atom stereocenters. The molecule has 0 spiro atoms. The summed E-state index contributed by atoms with van der Waals surface area (Å²) in [5, 5.41) is 18.8. The Labute approximate surface area is 86.9 Å². The summed E-state index contributed by atoms with van der Waals surface area (Å²) in [6, 6.07) is 4.25. The molecule has 2 N–H and O–H groups in total. The first-order chi connectivity index (χ1) is 6.32. The molecule has 76 valence electrons. The molecule has 0 aromatic heterocycles. The third kappa shape index (κ3) is 2.25. The molecule has 0 atom stereocenters. The number of carbonyl (C=O) groups is 1. The van der Waals surface area contributed by atoms with Crippen LogP contribution in [0.3, 0.4) is 0 Å². The maximum Gasteiger partial charge on any atom is 0.335 e. The summed E-state index contributed by atoms with van der Waals surface area (Å²) in [6.07, 6.45) is 0. The number of carboxylic acid groups (broad SMARTS) is 1. The highest BCUT2D eigenvalue weighted by atomic mass is 35.5. The maximum absolute atomic E-state index is 10.7. The minimum Gasteiger partial charge on any atom is -0.478 e. The van der Waals surface area contributed by atoms with Gasteiger partial charge in [0.25, 0.3) is 0 Å². The lowest BCUT2D eigenvalue weighted by atomic mass is 9.96. The molecule has 0 fully saturated rings. The number of halogens is 1. The van der Waals surface area contributed by atoms with Gasteiger partial charge in [0.05, 0.1) is 11.2 Å². The van der Waals surface area contributed by atoms with Crippen molar-refractivity contribution >= 4 is 17.6 Å². The van der Waals surface area contributed by atoms with E-state index in [0.29, 0.717) is 10.6 Å². The van der Waals surface area contributed by atoms with Crippen LogP contribution in [-0.2, 0) is 5.60 Å². The SMILES string of the molecule is CC(C)(O)c1cc(C(=O)O)ccc1Cl. The summed E-state index contributed by atoms with van der Waals surface area (Å²) < 4.78 is 0. The van der Waals surface area contributed by atoms with Gasteiger partial charge in [0.1, 0.15) is 0 Å². The van der Waals surface area contributed by atoms with E-state index in [0.717, 1.165) is 0 Å². The molecule has 1 rings (SSSR count). The number of aliphatic hydroxyl groups is 1. The summed E-state index contributed by atoms with van der Waals surface area (Å²) in [5.74, 6) is -1.04.